The van der Waals surface area contributed by atoms with Crippen molar-refractivity contribution >= 4 is 5.91 Å². The third-order valence-corrected chi connectivity index (χ3v) is 1.60. The van der Waals surface area contributed by atoms with E-state index in [2.05, 4.69) is 10.0 Å². The second-order valence-corrected chi connectivity index (χ2v) is 3.43. The Kier molecular flexibility index (Phi) is 3.57. The second kappa shape index (κ2) is 3.97. The molecule has 0 bridgehead atoms. The number of azide groups is 1. The van der Waals surface area contributed by atoms with Gasteiger partial charge in [-0.3, -0.25) is 4.79 Å². The number of hydrogen-bond donors (Lipinski definition) is 1. The Morgan fingerprint density at radius 2 is 2.25 bits per heavy atom. The van der Waals surface area contributed by atoms with Crippen LogP contribution in [0, 0.1) is 5.92 Å². The summed E-state index contributed by atoms with van der Waals surface area (Å²) in [5, 5.41) is 3.40. The van der Waals surface area contributed by atoms with Crippen molar-refractivity contribution in [3.8, 4) is 0 Å². The molecule has 0 aliphatic heterocycles. The minimum atomic E-state index is -1.08. The molecule has 68 valence electrons. The molecule has 0 aromatic carbocycles. The van der Waals surface area contributed by atoms with E-state index in [9.17, 15) is 4.79 Å². The fourth-order valence-electron chi connectivity index (χ4n) is 1.08. The molecular weight excluding hydrogens is 156 g/mol. The summed E-state index contributed by atoms with van der Waals surface area (Å²) in [6, 6.07) is 0. The molecule has 0 saturated heterocycles. The van der Waals surface area contributed by atoms with Gasteiger partial charge in [0, 0.05) is 4.91 Å². The summed E-state index contributed by atoms with van der Waals surface area (Å²) in [6.45, 7) is 5.43. The van der Waals surface area contributed by atoms with Crippen molar-refractivity contribution in [3.63, 3.8) is 0 Å². The monoisotopic (exact) mass is 170 g/mol. The van der Waals surface area contributed by atoms with Crippen LogP contribution >= 0.6 is 0 Å². The van der Waals surface area contributed by atoms with Crippen LogP contribution in [-0.4, -0.2) is 11.4 Å². The molecule has 0 aromatic rings. The van der Waals surface area contributed by atoms with E-state index >= 15 is 0 Å². The fourth-order valence-corrected chi connectivity index (χ4v) is 1.08. The van der Waals surface area contributed by atoms with E-state index in [1.165, 1.54) is 0 Å². The Morgan fingerprint density at radius 3 is 2.50 bits per heavy atom. The average Bonchev–Trinajstić information content (AvgIpc) is 1.85. The molecule has 0 radical (unpaired) electrons. The van der Waals surface area contributed by atoms with Crippen molar-refractivity contribution in [1.29, 1.82) is 0 Å². The molecule has 5 heteroatoms. The first kappa shape index (κ1) is 10.8. The number of nitrogens with zero attached hydrogens (tertiary/aromatic N) is 3. The highest BCUT2D eigenvalue weighted by Crippen LogP contribution is 2.20. The number of rotatable bonds is 4. The van der Waals surface area contributed by atoms with E-state index in [0.717, 1.165) is 0 Å². The van der Waals surface area contributed by atoms with E-state index in [4.69, 9.17) is 11.3 Å². The van der Waals surface area contributed by atoms with Gasteiger partial charge in [-0.25, -0.2) is 0 Å². The van der Waals surface area contributed by atoms with E-state index in [-0.39, 0.29) is 5.92 Å². The van der Waals surface area contributed by atoms with Crippen LogP contribution in [0.15, 0.2) is 5.11 Å². The third kappa shape index (κ3) is 2.80. The van der Waals surface area contributed by atoms with E-state index in [1.54, 1.807) is 6.92 Å². The summed E-state index contributed by atoms with van der Waals surface area (Å²) < 4.78 is 0. The first-order chi connectivity index (χ1) is 5.42. The maximum Gasteiger partial charge on any atom is 0.229 e. The lowest BCUT2D eigenvalue weighted by Gasteiger charge is -2.21. The highest BCUT2D eigenvalue weighted by Gasteiger charge is 2.30. The van der Waals surface area contributed by atoms with Gasteiger partial charge < -0.3 is 5.73 Å². The average molecular weight is 170 g/mol. The number of amides is 1. The molecule has 0 rings (SSSR count). The van der Waals surface area contributed by atoms with E-state index in [1.807, 2.05) is 13.8 Å². The van der Waals surface area contributed by atoms with Gasteiger partial charge in [-0.2, -0.15) is 0 Å². The molecule has 0 aliphatic carbocycles. The van der Waals surface area contributed by atoms with Gasteiger partial charge in [0.2, 0.25) is 5.91 Å². The number of carbonyl (C=O) groups excluding carboxylic acids is 1. The van der Waals surface area contributed by atoms with Gasteiger partial charge in [0.1, 0.15) is 5.54 Å². The van der Waals surface area contributed by atoms with Gasteiger partial charge >= 0.3 is 0 Å². The van der Waals surface area contributed by atoms with Crippen LogP contribution in [-0.2, 0) is 4.79 Å². The molecule has 1 amide bonds. The third-order valence-electron chi connectivity index (χ3n) is 1.60. The second-order valence-electron chi connectivity index (χ2n) is 3.43. The molecule has 5 nitrogen and oxygen atoms in total. The molecule has 0 saturated carbocycles. The molecule has 0 heterocycles. The molecule has 0 aromatic heterocycles. The van der Waals surface area contributed by atoms with Gasteiger partial charge in [-0.15, -0.1) is 0 Å². The van der Waals surface area contributed by atoms with Crippen LogP contribution in [0.5, 0.6) is 0 Å². The lowest BCUT2D eigenvalue weighted by molar-refractivity contribution is -0.123. The minimum absolute atomic E-state index is 0.271. The van der Waals surface area contributed by atoms with Crippen molar-refractivity contribution in [3.05, 3.63) is 10.4 Å². The number of carbonyl (C=O) groups is 1. The van der Waals surface area contributed by atoms with E-state index < -0.39 is 11.4 Å². The Morgan fingerprint density at radius 1 is 1.75 bits per heavy atom. The van der Waals surface area contributed by atoms with Gasteiger partial charge in [0.05, 0.1) is 0 Å². The summed E-state index contributed by atoms with van der Waals surface area (Å²) >= 11 is 0. The highest BCUT2D eigenvalue weighted by molar-refractivity contribution is 5.84. The largest absolute Gasteiger partial charge is 0.369 e. The van der Waals surface area contributed by atoms with Crippen molar-refractivity contribution < 1.29 is 4.79 Å². The van der Waals surface area contributed by atoms with Crippen LogP contribution in [0.1, 0.15) is 27.2 Å². The van der Waals surface area contributed by atoms with Gasteiger partial charge in [0.25, 0.3) is 0 Å². The van der Waals surface area contributed by atoms with Crippen LogP contribution < -0.4 is 5.73 Å². The standard InChI is InChI=1S/C7H14N4O/c1-5(2)4-7(3,6(8)12)10-11-9/h5H,4H2,1-3H3,(H2,8,12)/t7-/m1/s1. The quantitative estimate of drug-likeness (QED) is 0.387. The Balaban J connectivity index is 4.62. The maximum absolute atomic E-state index is 10.9. The van der Waals surface area contributed by atoms with Crippen LogP contribution in [0.3, 0.4) is 0 Å². The zero-order chi connectivity index (χ0) is 9.78. The SMILES string of the molecule is CC(C)C[C@@](C)(N=[N+]=[N-])C(N)=O. The van der Waals surface area contributed by atoms with Gasteiger partial charge in [-0.05, 0) is 24.8 Å². The van der Waals surface area contributed by atoms with Crippen molar-refractivity contribution in [2.75, 3.05) is 0 Å². The Bertz CT molecular complexity index is 215. The van der Waals surface area contributed by atoms with Crippen molar-refractivity contribution in [2.24, 2.45) is 16.8 Å². The predicted molar refractivity (Wildman–Crippen MR) is 46.2 cm³/mol. The normalized spacial score (nSPS) is 15.0. The maximum atomic E-state index is 10.9. The summed E-state index contributed by atoms with van der Waals surface area (Å²) in [5.41, 5.74) is 12.2. The van der Waals surface area contributed by atoms with Crippen molar-refractivity contribution in [1.82, 2.24) is 0 Å². The van der Waals surface area contributed by atoms with Crippen LogP contribution in [0.4, 0.5) is 0 Å². The van der Waals surface area contributed by atoms with Crippen LogP contribution in [0.2, 0.25) is 0 Å². The Hall–Kier alpha value is -1.22. The number of nitrogens with two attached hydrogens (primary N) is 1. The first-order valence-electron chi connectivity index (χ1n) is 3.78. The lowest BCUT2D eigenvalue weighted by atomic mass is 9.91. The van der Waals surface area contributed by atoms with Crippen LogP contribution in [0.25, 0.3) is 10.4 Å². The molecule has 0 unspecified atom stereocenters. The molecular formula is C7H14N4O. The molecule has 1 atom stereocenters. The summed E-state index contributed by atoms with van der Waals surface area (Å²) in [6.07, 6.45) is 0.479. The molecule has 12 heavy (non-hydrogen) atoms. The predicted octanol–water partition coefficient (Wildman–Crippen LogP) is 1.59. The highest BCUT2D eigenvalue weighted by atomic mass is 16.1. The lowest BCUT2D eigenvalue weighted by Crippen LogP contribution is -2.39. The number of primary amides is 1. The smallest absolute Gasteiger partial charge is 0.229 e. The zero-order valence-electron chi connectivity index (χ0n) is 7.61. The molecule has 0 fully saturated rings. The summed E-state index contributed by atoms with van der Waals surface area (Å²) in [7, 11) is 0. The first-order valence-corrected chi connectivity index (χ1v) is 3.78. The minimum Gasteiger partial charge on any atom is -0.369 e. The molecule has 2 N–H and O–H groups in total. The van der Waals surface area contributed by atoms with Gasteiger partial charge in [0.15, 0.2) is 0 Å². The topological polar surface area (TPSA) is 91.8 Å². The zero-order valence-corrected chi connectivity index (χ0v) is 7.61. The van der Waals surface area contributed by atoms with Crippen molar-refractivity contribution in [2.45, 2.75) is 32.7 Å². The molecule has 0 aliphatic rings. The molecule has 0 spiro atoms. The summed E-state index contributed by atoms with van der Waals surface area (Å²) in [5.74, 6) is -0.304. The summed E-state index contributed by atoms with van der Waals surface area (Å²) in [4.78, 5) is 13.5. The van der Waals surface area contributed by atoms with Gasteiger partial charge in [-0.1, -0.05) is 19.0 Å². The Labute approximate surface area is 71.6 Å². The number of hydrogen-bond acceptors (Lipinski definition) is 2. The van der Waals surface area contributed by atoms with E-state index in [0.29, 0.717) is 6.42 Å². The fraction of sp³-hybridized carbons (Fsp3) is 0.857.